The molecule has 2 aromatic rings. The average molecular weight is 327 g/mol. The van der Waals surface area contributed by atoms with E-state index in [2.05, 4.69) is 38.6 Å². The van der Waals surface area contributed by atoms with Crippen molar-refractivity contribution in [2.45, 2.75) is 26.8 Å². The van der Waals surface area contributed by atoms with Crippen LogP contribution in [0, 0.1) is 0 Å². The average Bonchev–Trinajstić information content (AvgIpc) is 2.63. The Bertz CT molecular complexity index is 633. The summed E-state index contributed by atoms with van der Waals surface area (Å²) in [5.74, 6) is 1.58. The molecule has 2 aromatic heterocycles. The predicted molar refractivity (Wildman–Crippen MR) is 95.4 cm³/mol. The third-order valence-corrected chi connectivity index (χ3v) is 4.33. The number of pyridine rings is 1. The van der Waals surface area contributed by atoms with Crippen molar-refractivity contribution in [2.75, 3.05) is 37.7 Å². The first-order valence-corrected chi connectivity index (χ1v) is 8.57. The molecule has 3 heterocycles. The second kappa shape index (κ2) is 7.57. The summed E-state index contributed by atoms with van der Waals surface area (Å²) in [5, 5.41) is 0. The van der Waals surface area contributed by atoms with Gasteiger partial charge in [0.2, 0.25) is 5.88 Å². The second-order valence-corrected chi connectivity index (χ2v) is 6.19. The fourth-order valence-electron chi connectivity index (χ4n) is 2.87. The summed E-state index contributed by atoms with van der Waals surface area (Å²) >= 11 is 0. The molecular formula is C18H25N5O. The minimum Gasteiger partial charge on any atom is -0.478 e. The van der Waals surface area contributed by atoms with Crippen LogP contribution in [0.15, 0.2) is 30.7 Å². The highest BCUT2D eigenvalue weighted by Gasteiger charge is 2.19. The molecule has 24 heavy (non-hydrogen) atoms. The maximum Gasteiger partial charge on any atom is 0.213 e. The Balaban J connectivity index is 1.65. The lowest BCUT2D eigenvalue weighted by Gasteiger charge is -2.37. The first kappa shape index (κ1) is 16.6. The highest BCUT2D eigenvalue weighted by molar-refractivity contribution is 5.58. The third-order valence-electron chi connectivity index (χ3n) is 4.33. The van der Waals surface area contributed by atoms with Gasteiger partial charge in [0.25, 0.3) is 0 Å². The van der Waals surface area contributed by atoms with Crippen LogP contribution in [0.3, 0.4) is 0 Å². The molecule has 0 atom stereocenters. The Morgan fingerprint density at radius 3 is 2.33 bits per heavy atom. The molecule has 6 heteroatoms. The molecule has 6 nitrogen and oxygen atoms in total. The van der Waals surface area contributed by atoms with Gasteiger partial charge < -0.3 is 9.64 Å². The number of aromatic nitrogens is 3. The van der Waals surface area contributed by atoms with E-state index in [4.69, 9.17) is 4.74 Å². The van der Waals surface area contributed by atoms with Crippen LogP contribution < -0.4 is 9.64 Å². The van der Waals surface area contributed by atoms with Crippen LogP contribution in [0.1, 0.15) is 20.8 Å². The van der Waals surface area contributed by atoms with E-state index in [1.807, 2.05) is 31.5 Å². The zero-order valence-electron chi connectivity index (χ0n) is 14.6. The van der Waals surface area contributed by atoms with Crippen molar-refractivity contribution in [2.24, 2.45) is 0 Å². The molecule has 0 bridgehead atoms. The number of hydrogen-bond donors (Lipinski definition) is 0. The van der Waals surface area contributed by atoms with Gasteiger partial charge >= 0.3 is 0 Å². The number of rotatable bonds is 5. The van der Waals surface area contributed by atoms with Crippen LogP contribution in [0.4, 0.5) is 5.82 Å². The van der Waals surface area contributed by atoms with Gasteiger partial charge in [-0.15, -0.1) is 0 Å². The smallest absolute Gasteiger partial charge is 0.213 e. The molecule has 1 aliphatic heterocycles. The fourth-order valence-corrected chi connectivity index (χ4v) is 2.87. The van der Waals surface area contributed by atoms with Gasteiger partial charge in [0.05, 0.1) is 24.7 Å². The zero-order valence-corrected chi connectivity index (χ0v) is 14.6. The lowest BCUT2D eigenvalue weighted by Crippen LogP contribution is -2.49. The molecule has 0 saturated carbocycles. The molecule has 0 unspecified atom stereocenters. The van der Waals surface area contributed by atoms with Crippen LogP contribution in [-0.2, 0) is 0 Å². The van der Waals surface area contributed by atoms with E-state index in [1.165, 1.54) is 0 Å². The number of hydrogen-bond acceptors (Lipinski definition) is 6. The molecule has 128 valence electrons. The van der Waals surface area contributed by atoms with Crippen LogP contribution in [-0.4, -0.2) is 58.7 Å². The van der Waals surface area contributed by atoms with Crippen molar-refractivity contribution in [3.8, 4) is 17.1 Å². The topological polar surface area (TPSA) is 54.4 Å². The molecule has 0 aliphatic carbocycles. The van der Waals surface area contributed by atoms with E-state index in [-0.39, 0.29) is 0 Å². The van der Waals surface area contributed by atoms with Crippen molar-refractivity contribution in [1.82, 2.24) is 19.9 Å². The summed E-state index contributed by atoms with van der Waals surface area (Å²) in [6, 6.07) is 4.43. The number of nitrogens with zero attached hydrogens (tertiary/aromatic N) is 5. The Morgan fingerprint density at radius 2 is 1.79 bits per heavy atom. The maximum atomic E-state index is 5.36. The van der Waals surface area contributed by atoms with Crippen LogP contribution in [0.5, 0.6) is 5.88 Å². The van der Waals surface area contributed by atoms with Gasteiger partial charge in [-0.25, -0.2) is 9.97 Å². The van der Waals surface area contributed by atoms with Crippen molar-refractivity contribution in [1.29, 1.82) is 0 Å². The summed E-state index contributed by atoms with van der Waals surface area (Å²) in [7, 11) is 0. The first-order valence-electron chi connectivity index (χ1n) is 8.57. The molecule has 0 spiro atoms. The molecular weight excluding hydrogens is 302 g/mol. The highest BCUT2D eigenvalue weighted by atomic mass is 16.5. The van der Waals surface area contributed by atoms with E-state index >= 15 is 0 Å². The summed E-state index contributed by atoms with van der Waals surface area (Å²) in [6.07, 6.45) is 5.45. The van der Waals surface area contributed by atoms with Crippen molar-refractivity contribution in [3.63, 3.8) is 0 Å². The van der Waals surface area contributed by atoms with E-state index in [0.29, 0.717) is 18.5 Å². The lowest BCUT2D eigenvalue weighted by atomic mass is 10.2. The van der Waals surface area contributed by atoms with Crippen LogP contribution in [0.2, 0.25) is 0 Å². The minimum atomic E-state index is 0.604. The van der Waals surface area contributed by atoms with Gasteiger partial charge in [0.1, 0.15) is 5.82 Å². The fraction of sp³-hybridized carbons (Fsp3) is 0.500. The number of ether oxygens (including phenoxy) is 1. The van der Waals surface area contributed by atoms with Gasteiger partial charge in [-0.05, 0) is 26.8 Å². The van der Waals surface area contributed by atoms with E-state index < -0.39 is 0 Å². The summed E-state index contributed by atoms with van der Waals surface area (Å²) < 4.78 is 5.36. The summed E-state index contributed by atoms with van der Waals surface area (Å²) in [4.78, 5) is 18.2. The van der Waals surface area contributed by atoms with Crippen molar-refractivity contribution in [3.05, 3.63) is 30.7 Å². The normalized spacial score (nSPS) is 15.8. The first-order chi connectivity index (χ1) is 11.7. The van der Waals surface area contributed by atoms with Gasteiger partial charge in [-0.2, -0.15) is 0 Å². The molecule has 1 aliphatic rings. The third kappa shape index (κ3) is 3.82. The second-order valence-electron chi connectivity index (χ2n) is 6.19. The minimum absolute atomic E-state index is 0.604. The van der Waals surface area contributed by atoms with Gasteiger partial charge in [-0.1, -0.05) is 0 Å². The SMILES string of the molecule is CCOc1ccc(-c2cnc(N3CCN(C(C)C)CC3)cn2)cn1. The van der Waals surface area contributed by atoms with E-state index in [9.17, 15) is 0 Å². The standard InChI is InChI=1S/C18H25N5O/c1-4-24-18-6-5-15(11-21-18)16-12-20-17(13-19-16)23-9-7-22(8-10-23)14(2)3/h5-6,11-14H,4,7-10H2,1-3H3. The molecule has 0 amide bonds. The van der Waals surface area contributed by atoms with Crippen molar-refractivity contribution >= 4 is 5.82 Å². The largest absolute Gasteiger partial charge is 0.478 e. The van der Waals surface area contributed by atoms with E-state index in [0.717, 1.165) is 43.3 Å². The predicted octanol–water partition coefficient (Wildman–Crippen LogP) is 2.47. The lowest BCUT2D eigenvalue weighted by molar-refractivity contribution is 0.209. The Labute approximate surface area is 143 Å². The molecule has 0 N–H and O–H groups in total. The Hall–Kier alpha value is -2.21. The molecule has 0 radical (unpaired) electrons. The van der Waals surface area contributed by atoms with Gasteiger partial charge in [0, 0.05) is 50.0 Å². The van der Waals surface area contributed by atoms with Gasteiger partial charge in [0.15, 0.2) is 0 Å². The van der Waals surface area contributed by atoms with Gasteiger partial charge in [-0.3, -0.25) is 9.88 Å². The molecule has 1 fully saturated rings. The van der Waals surface area contributed by atoms with Crippen LogP contribution >= 0.6 is 0 Å². The maximum absolute atomic E-state index is 5.36. The van der Waals surface area contributed by atoms with E-state index in [1.54, 1.807) is 6.20 Å². The molecule has 1 saturated heterocycles. The Morgan fingerprint density at radius 1 is 1.00 bits per heavy atom. The van der Waals surface area contributed by atoms with Crippen molar-refractivity contribution < 1.29 is 4.74 Å². The monoisotopic (exact) mass is 327 g/mol. The van der Waals surface area contributed by atoms with Crippen LogP contribution in [0.25, 0.3) is 11.3 Å². The zero-order chi connectivity index (χ0) is 16.9. The summed E-state index contributed by atoms with van der Waals surface area (Å²) in [5.41, 5.74) is 1.78. The Kier molecular flexibility index (Phi) is 5.25. The number of piperazine rings is 1. The summed E-state index contributed by atoms with van der Waals surface area (Å²) in [6.45, 7) is 11.2. The number of anilines is 1. The highest BCUT2D eigenvalue weighted by Crippen LogP contribution is 2.20. The molecule has 0 aromatic carbocycles. The molecule has 3 rings (SSSR count). The quantitative estimate of drug-likeness (QED) is 0.841.